The molecule has 1 atom stereocenters. The zero-order valence-electron chi connectivity index (χ0n) is 11.8. The third-order valence-corrected chi connectivity index (χ3v) is 3.62. The quantitative estimate of drug-likeness (QED) is 0.753. The van der Waals surface area contributed by atoms with Crippen LogP contribution in [-0.4, -0.2) is 14.5 Å². The molecule has 0 spiro atoms. The molecule has 0 aliphatic carbocycles. The van der Waals surface area contributed by atoms with E-state index < -0.39 is 6.04 Å². The van der Waals surface area contributed by atoms with Crippen LogP contribution >= 0.6 is 11.6 Å². The van der Waals surface area contributed by atoms with Crippen molar-refractivity contribution in [3.8, 4) is 5.69 Å². The van der Waals surface area contributed by atoms with Crippen LogP contribution in [0.15, 0.2) is 41.3 Å². The monoisotopic (exact) mass is 315 g/mol. The highest BCUT2D eigenvalue weighted by atomic mass is 35.5. The molecule has 22 heavy (non-hydrogen) atoms. The number of halogens is 1. The molecule has 0 saturated carbocycles. The summed E-state index contributed by atoms with van der Waals surface area (Å²) in [6, 6.07) is 8.01. The van der Waals surface area contributed by atoms with Crippen LogP contribution in [0.4, 0.5) is 5.82 Å². The maximum Gasteiger partial charge on any atom is 0.267 e. The predicted molar refractivity (Wildman–Crippen MR) is 87.2 cm³/mol. The first-order chi connectivity index (χ1) is 10.5. The van der Waals surface area contributed by atoms with Gasteiger partial charge >= 0.3 is 0 Å². The Morgan fingerprint density at radius 3 is 2.68 bits per heavy atom. The van der Waals surface area contributed by atoms with Gasteiger partial charge in [-0.3, -0.25) is 9.36 Å². The molecule has 1 unspecified atom stereocenters. The molecule has 4 N–H and O–H groups in total. The fourth-order valence-corrected chi connectivity index (χ4v) is 2.54. The third kappa shape index (κ3) is 2.32. The molecule has 112 valence electrons. The van der Waals surface area contributed by atoms with E-state index in [0.29, 0.717) is 33.3 Å². The molecule has 7 heteroatoms. The zero-order valence-corrected chi connectivity index (χ0v) is 12.6. The number of anilines is 1. The van der Waals surface area contributed by atoms with Crippen LogP contribution < -0.4 is 17.0 Å². The van der Waals surface area contributed by atoms with Crippen LogP contribution in [0, 0.1) is 0 Å². The van der Waals surface area contributed by atoms with Crippen molar-refractivity contribution in [2.24, 2.45) is 5.73 Å². The molecule has 3 aromatic rings. The largest absolute Gasteiger partial charge is 0.384 e. The Labute approximate surface area is 131 Å². The summed E-state index contributed by atoms with van der Waals surface area (Å²) in [6.45, 7) is 1.76. The number of nitrogens with zero attached hydrogens (tertiary/aromatic N) is 3. The van der Waals surface area contributed by atoms with Gasteiger partial charge < -0.3 is 11.5 Å². The van der Waals surface area contributed by atoms with Crippen molar-refractivity contribution >= 4 is 28.3 Å². The van der Waals surface area contributed by atoms with Gasteiger partial charge in [0.15, 0.2) is 0 Å². The summed E-state index contributed by atoms with van der Waals surface area (Å²) >= 11 is 6.16. The summed E-state index contributed by atoms with van der Waals surface area (Å²) < 4.78 is 1.42. The van der Waals surface area contributed by atoms with E-state index in [1.54, 1.807) is 37.3 Å². The standard InChI is InChI=1S/C15H14ClN5O/c1-8(17)14-20-11-4-2-3-10(16)13(11)15(22)21(14)9-5-6-12(18)19-7-9/h2-8H,17H2,1H3,(H2,18,19). The van der Waals surface area contributed by atoms with E-state index in [1.165, 1.54) is 10.8 Å². The van der Waals surface area contributed by atoms with Gasteiger partial charge in [0, 0.05) is 0 Å². The molecule has 0 fully saturated rings. The summed E-state index contributed by atoms with van der Waals surface area (Å²) in [7, 11) is 0. The summed E-state index contributed by atoms with van der Waals surface area (Å²) in [5, 5.41) is 0.703. The number of hydrogen-bond acceptors (Lipinski definition) is 5. The van der Waals surface area contributed by atoms with E-state index in [0.717, 1.165) is 0 Å². The summed E-state index contributed by atoms with van der Waals surface area (Å²) in [6.07, 6.45) is 1.51. The van der Waals surface area contributed by atoms with Crippen molar-refractivity contribution in [1.82, 2.24) is 14.5 Å². The molecule has 0 saturated heterocycles. The van der Waals surface area contributed by atoms with E-state index in [4.69, 9.17) is 23.1 Å². The molecule has 0 radical (unpaired) electrons. The maximum absolute atomic E-state index is 12.9. The molecule has 2 heterocycles. The van der Waals surface area contributed by atoms with E-state index in [1.807, 2.05) is 0 Å². The topological polar surface area (TPSA) is 99.8 Å². The number of hydrogen-bond donors (Lipinski definition) is 2. The highest BCUT2D eigenvalue weighted by Gasteiger charge is 2.17. The van der Waals surface area contributed by atoms with Crippen LogP contribution in [0.5, 0.6) is 0 Å². The van der Waals surface area contributed by atoms with Crippen LogP contribution in [0.2, 0.25) is 5.02 Å². The van der Waals surface area contributed by atoms with Gasteiger partial charge in [-0.15, -0.1) is 0 Å². The molecule has 0 aliphatic rings. The van der Waals surface area contributed by atoms with Crippen molar-refractivity contribution in [3.63, 3.8) is 0 Å². The molecular weight excluding hydrogens is 302 g/mol. The lowest BCUT2D eigenvalue weighted by atomic mass is 10.2. The smallest absolute Gasteiger partial charge is 0.267 e. The molecule has 2 aromatic heterocycles. The highest BCUT2D eigenvalue weighted by molar-refractivity contribution is 6.35. The SMILES string of the molecule is CC(N)c1nc2cccc(Cl)c2c(=O)n1-c1ccc(N)nc1. The molecular formula is C15H14ClN5O. The average molecular weight is 316 g/mol. The molecule has 1 aromatic carbocycles. The van der Waals surface area contributed by atoms with Gasteiger partial charge in [-0.1, -0.05) is 17.7 Å². The van der Waals surface area contributed by atoms with E-state index in [-0.39, 0.29) is 5.56 Å². The first kappa shape index (κ1) is 14.5. The van der Waals surface area contributed by atoms with Gasteiger partial charge in [-0.25, -0.2) is 9.97 Å². The highest BCUT2D eigenvalue weighted by Crippen LogP contribution is 2.22. The van der Waals surface area contributed by atoms with Crippen LogP contribution in [0.1, 0.15) is 18.8 Å². The maximum atomic E-state index is 12.9. The Bertz CT molecular complexity index is 902. The van der Waals surface area contributed by atoms with Gasteiger partial charge in [-0.2, -0.15) is 0 Å². The minimum atomic E-state index is -0.436. The number of pyridine rings is 1. The van der Waals surface area contributed by atoms with Crippen molar-refractivity contribution in [3.05, 3.63) is 57.7 Å². The minimum absolute atomic E-state index is 0.283. The number of aromatic nitrogens is 3. The van der Waals surface area contributed by atoms with Crippen molar-refractivity contribution in [1.29, 1.82) is 0 Å². The van der Waals surface area contributed by atoms with Gasteiger partial charge in [0.1, 0.15) is 11.6 Å². The van der Waals surface area contributed by atoms with E-state index in [2.05, 4.69) is 9.97 Å². The number of fused-ring (bicyclic) bond motifs is 1. The molecule has 6 nitrogen and oxygen atoms in total. The Morgan fingerprint density at radius 1 is 1.27 bits per heavy atom. The number of nitrogen functional groups attached to an aromatic ring is 1. The van der Waals surface area contributed by atoms with Crippen LogP contribution in [0.25, 0.3) is 16.6 Å². The molecule has 0 amide bonds. The van der Waals surface area contributed by atoms with Gasteiger partial charge in [-0.05, 0) is 31.2 Å². The third-order valence-electron chi connectivity index (χ3n) is 3.31. The predicted octanol–water partition coefficient (Wildman–Crippen LogP) is 2.04. The fraction of sp³-hybridized carbons (Fsp3) is 0.133. The lowest BCUT2D eigenvalue weighted by molar-refractivity contribution is 0.695. The van der Waals surface area contributed by atoms with Crippen molar-refractivity contribution < 1.29 is 0 Å². The second kappa shape index (κ2) is 5.40. The van der Waals surface area contributed by atoms with Crippen molar-refractivity contribution in [2.75, 3.05) is 5.73 Å². The van der Waals surface area contributed by atoms with Gasteiger partial charge in [0.2, 0.25) is 0 Å². The van der Waals surface area contributed by atoms with Crippen LogP contribution in [-0.2, 0) is 0 Å². The fourth-order valence-electron chi connectivity index (χ4n) is 2.29. The second-order valence-corrected chi connectivity index (χ2v) is 5.38. The molecule has 0 bridgehead atoms. The van der Waals surface area contributed by atoms with Crippen LogP contribution in [0.3, 0.4) is 0 Å². The Hall–Kier alpha value is -2.44. The first-order valence-corrected chi connectivity index (χ1v) is 7.05. The zero-order chi connectivity index (χ0) is 15.9. The number of rotatable bonds is 2. The van der Waals surface area contributed by atoms with Gasteiger partial charge in [0.25, 0.3) is 5.56 Å². The normalized spacial score (nSPS) is 12.5. The molecule has 0 aliphatic heterocycles. The Balaban J connectivity index is 2.43. The minimum Gasteiger partial charge on any atom is -0.384 e. The summed E-state index contributed by atoms with van der Waals surface area (Å²) in [5.41, 5.74) is 12.4. The number of nitrogens with two attached hydrogens (primary N) is 2. The Morgan fingerprint density at radius 2 is 2.05 bits per heavy atom. The van der Waals surface area contributed by atoms with E-state index >= 15 is 0 Å². The van der Waals surface area contributed by atoms with Crippen molar-refractivity contribution in [2.45, 2.75) is 13.0 Å². The molecule has 3 rings (SSSR count). The second-order valence-electron chi connectivity index (χ2n) is 4.97. The summed E-state index contributed by atoms with van der Waals surface area (Å²) in [5.74, 6) is 0.803. The lowest BCUT2D eigenvalue weighted by Gasteiger charge is -2.16. The lowest BCUT2D eigenvalue weighted by Crippen LogP contribution is -2.27. The van der Waals surface area contributed by atoms with E-state index in [9.17, 15) is 4.79 Å². The first-order valence-electron chi connectivity index (χ1n) is 6.67. The average Bonchev–Trinajstić information content (AvgIpc) is 2.48. The number of benzene rings is 1. The van der Waals surface area contributed by atoms with Gasteiger partial charge in [0.05, 0.1) is 33.9 Å². The Kier molecular flexibility index (Phi) is 3.56. The summed E-state index contributed by atoms with van der Waals surface area (Å²) in [4.78, 5) is 21.4.